The third-order valence-electron chi connectivity index (χ3n) is 2.63. The number of rotatable bonds is 2. The zero-order chi connectivity index (χ0) is 12.5. The quantitative estimate of drug-likeness (QED) is 0.780. The first-order valence-corrected chi connectivity index (χ1v) is 6.62. The van der Waals surface area contributed by atoms with Gasteiger partial charge >= 0.3 is 0 Å². The van der Waals surface area contributed by atoms with Crippen LogP contribution in [0.2, 0.25) is 0 Å². The summed E-state index contributed by atoms with van der Waals surface area (Å²) in [5.41, 5.74) is 2.73. The van der Waals surface area contributed by atoms with Crippen molar-refractivity contribution in [2.75, 3.05) is 26.3 Å². The number of hydrogen-bond acceptors (Lipinski definition) is 2. The van der Waals surface area contributed by atoms with Crippen LogP contribution in [0.5, 0.6) is 0 Å². The molecule has 0 saturated carbocycles. The van der Waals surface area contributed by atoms with E-state index in [0.29, 0.717) is 0 Å². The summed E-state index contributed by atoms with van der Waals surface area (Å²) in [6, 6.07) is 8.78. The third kappa shape index (κ3) is 5.85. The second-order valence-electron chi connectivity index (χ2n) is 4.58. The van der Waals surface area contributed by atoms with Crippen LogP contribution in [0.4, 0.5) is 0 Å². The molecule has 0 radical (unpaired) electrons. The van der Waals surface area contributed by atoms with Gasteiger partial charge in [0.05, 0.1) is 13.2 Å². The summed E-state index contributed by atoms with van der Waals surface area (Å²) in [6.45, 7) is 11.3. The molecule has 0 atom stereocenters. The standard InChI is InChI=1S/C12H17NO.C3H8/c1-11-2-4-12(5-3-11)10-13-6-8-14-9-7-13;1-3-2/h2-5H,6-10H2,1H3;3H2,1-2H3. The Bertz CT molecular complexity index is 288. The van der Waals surface area contributed by atoms with Crippen molar-refractivity contribution >= 4 is 0 Å². The number of aryl methyl sites for hydroxylation is 1. The Labute approximate surface area is 106 Å². The van der Waals surface area contributed by atoms with Gasteiger partial charge in [0, 0.05) is 19.6 Å². The van der Waals surface area contributed by atoms with Crippen molar-refractivity contribution in [2.45, 2.75) is 33.7 Å². The molecule has 1 aromatic rings. The molecular weight excluding hydrogens is 210 g/mol. The van der Waals surface area contributed by atoms with Crippen molar-refractivity contribution < 1.29 is 4.74 Å². The van der Waals surface area contributed by atoms with Crippen LogP contribution in [0.25, 0.3) is 0 Å². The molecule has 0 aromatic heterocycles. The van der Waals surface area contributed by atoms with E-state index in [0.717, 1.165) is 32.8 Å². The van der Waals surface area contributed by atoms with E-state index >= 15 is 0 Å². The molecule has 1 aliphatic heterocycles. The maximum atomic E-state index is 5.31. The van der Waals surface area contributed by atoms with Crippen LogP contribution in [0.1, 0.15) is 31.4 Å². The third-order valence-corrected chi connectivity index (χ3v) is 2.63. The smallest absolute Gasteiger partial charge is 0.0594 e. The molecule has 1 fully saturated rings. The lowest BCUT2D eigenvalue weighted by Gasteiger charge is -2.26. The highest BCUT2D eigenvalue weighted by atomic mass is 16.5. The molecule has 0 aliphatic carbocycles. The predicted octanol–water partition coefficient (Wildman–Crippen LogP) is 3.24. The fourth-order valence-electron chi connectivity index (χ4n) is 1.71. The molecule has 0 spiro atoms. The minimum absolute atomic E-state index is 0.881. The van der Waals surface area contributed by atoms with Gasteiger partial charge in [-0.3, -0.25) is 4.90 Å². The Balaban J connectivity index is 0.000000437. The van der Waals surface area contributed by atoms with E-state index in [-0.39, 0.29) is 0 Å². The zero-order valence-corrected chi connectivity index (χ0v) is 11.4. The minimum atomic E-state index is 0.881. The van der Waals surface area contributed by atoms with Crippen LogP contribution >= 0.6 is 0 Å². The summed E-state index contributed by atoms with van der Waals surface area (Å²) in [4.78, 5) is 2.44. The van der Waals surface area contributed by atoms with Gasteiger partial charge in [-0.2, -0.15) is 0 Å². The van der Waals surface area contributed by atoms with Crippen molar-refractivity contribution in [3.05, 3.63) is 35.4 Å². The van der Waals surface area contributed by atoms with Crippen LogP contribution in [-0.4, -0.2) is 31.2 Å². The molecule has 1 aliphatic rings. The normalized spacial score (nSPS) is 16.2. The molecule has 0 unspecified atom stereocenters. The van der Waals surface area contributed by atoms with E-state index in [4.69, 9.17) is 4.74 Å². The monoisotopic (exact) mass is 235 g/mol. The lowest BCUT2D eigenvalue weighted by molar-refractivity contribution is 0.0342. The van der Waals surface area contributed by atoms with E-state index in [1.165, 1.54) is 17.5 Å². The highest BCUT2D eigenvalue weighted by molar-refractivity contribution is 5.21. The molecule has 2 rings (SSSR count). The van der Waals surface area contributed by atoms with E-state index < -0.39 is 0 Å². The van der Waals surface area contributed by atoms with Gasteiger partial charge in [0.2, 0.25) is 0 Å². The Morgan fingerprint density at radius 3 is 2.12 bits per heavy atom. The fourth-order valence-corrected chi connectivity index (χ4v) is 1.71. The van der Waals surface area contributed by atoms with Crippen LogP contribution < -0.4 is 0 Å². The van der Waals surface area contributed by atoms with Crippen molar-refractivity contribution in [2.24, 2.45) is 0 Å². The van der Waals surface area contributed by atoms with E-state index in [2.05, 4.69) is 49.9 Å². The van der Waals surface area contributed by atoms with Gasteiger partial charge in [-0.05, 0) is 12.5 Å². The molecule has 17 heavy (non-hydrogen) atoms. The molecule has 1 aromatic carbocycles. The van der Waals surface area contributed by atoms with Crippen molar-refractivity contribution in [1.29, 1.82) is 0 Å². The van der Waals surface area contributed by atoms with E-state index in [1.807, 2.05) is 0 Å². The number of hydrogen-bond donors (Lipinski definition) is 0. The van der Waals surface area contributed by atoms with Crippen LogP contribution in [0, 0.1) is 6.92 Å². The number of morpholine rings is 1. The summed E-state index contributed by atoms with van der Waals surface area (Å²) < 4.78 is 5.31. The second-order valence-corrected chi connectivity index (χ2v) is 4.58. The molecule has 96 valence electrons. The average molecular weight is 235 g/mol. The largest absolute Gasteiger partial charge is 0.379 e. The number of ether oxygens (including phenoxy) is 1. The van der Waals surface area contributed by atoms with E-state index in [1.54, 1.807) is 0 Å². The summed E-state index contributed by atoms with van der Waals surface area (Å²) in [6.07, 6.45) is 1.25. The SMILES string of the molecule is CCC.Cc1ccc(CN2CCOCC2)cc1. The minimum Gasteiger partial charge on any atom is -0.379 e. The Hall–Kier alpha value is -0.860. The van der Waals surface area contributed by atoms with Gasteiger partial charge in [-0.15, -0.1) is 0 Å². The lowest BCUT2D eigenvalue weighted by atomic mass is 10.1. The Morgan fingerprint density at radius 2 is 1.59 bits per heavy atom. The topological polar surface area (TPSA) is 12.5 Å². The van der Waals surface area contributed by atoms with Gasteiger partial charge in [-0.25, -0.2) is 0 Å². The Kier molecular flexibility index (Phi) is 6.90. The zero-order valence-electron chi connectivity index (χ0n) is 11.4. The van der Waals surface area contributed by atoms with Gasteiger partial charge in [0.1, 0.15) is 0 Å². The van der Waals surface area contributed by atoms with Crippen LogP contribution in [0.3, 0.4) is 0 Å². The van der Waals surface area contributed by atoms with Crippen LogP contribution in [0.15, 0.2) is 24.3 Å². The van der Waals surface area contributed by atoms with Gasteiger partial charge in [0.15, 0.2) is 0 Å². The summed E-state index contributed by atoms with van der Waals surface area (Å²) in [5, 5.41) is 0. The summed E-state index contributed by atoms with van der Waals surface area (Å²) in [7, 11) is 0. The molecule has 1 saturated heterocycles. The van der Waals surface area contributed by atoms with Crippen LogP contribution in [-0.2, 0) is 11.3 Å². The molecule has 0 amide bonds. The van der Waals surface area contributed by atoms with Crippen molar-refractivity contribution in [3.8, 4) is 0 Å². The summed E-state index contributed by atoms with van der Waals surface area (Å²) in [5.74, 6) is 0. The highest BCUT2D eigenvalue weighted by Crippen LogP contribution is 2.08. The second kappa shape index (κ2) is 8.26. The fraction of sp³-hybridized carbons (Fsp3) is 0.600. The molecule has 2 heteroatoms. The number of nitrogens with zero attached hydrogens (tertiary/aromatic N) is 1. The van der Waals surface area contributed by atoms with Gasteiger partial charge < -0.3 is 4.74 Å². The van der Waals surface area contributed by atoms with Crippen molar-refractivity contribution in [3.63, 3.8) is 0 Å². The number of benzene rings is 1. The maximum Gasteiger partial charge on any atom is 0.0594 e. The summed E-state index contributed by atoms with van der Waals surface area (Å²) >= 11 is 0. The van der Waals surface area contributed by atoms with Crippen molar-refractivity contribution in [1.82, 2.24) is 4.90 Å². The average Bonchev–Trinajstić information content (AvgIpc) is 2.35. The van der Waals surface area contributed by atoms with Gasteiger partial charge in [0.25, 0.3) is 0 Å². The Morgan fingerprint density at radius 1 is 1.06 bits per heavy atom. The lowest BCUT2D eigenvalue weighted by Crippen LogP contribution is -2.35. The molecule has 1 heterocycles. The first-order valence-electron chi connectivity index (χ1n) is 6.62. The first-order chi connectivity index (χ1) is 8.26. The predicted molar refractivity (Wildman–Crippen MR) is 73.2 cm³/mol. The molecular formula is C15H25NO. The van der Waals surface area contributed by atoms with E-state index in [9.17, 15) is 0 Å². The first kappa shape index (κ1) is 14.2. The molecule has 0 N–H and O–H groups in total. The molecule has 0 bridgehead atoms. The molecule has 2 nitrogen and oxygen atoms in total. The maximum absolute atomic E-state index is 5.31. The van der Waals surface area contributed by atoms with Gasteiger partial charge in [-0.1, -0.05) is 50.1 Å². The highest BCUT2D eigenvalue weighted by Gasteiger charge is 2.09.